The minimum absolute atomic E-state index is 0.0700. The fourth-order valence-corrected chi connectivity index (χ4v) is 1.80. The summed E-state index contributed by atoms with van der Waals surface area (Å²) in [4.78, 5) is 25.1. The van der Waals surface area contributed by atoms with Crippen molar-refractivity contribution in [1.29, 1.82) is 0 Å². The number of hydrogen-bond donors (Lipinski definition) is 2. The van der Waals surface area contributed by atoms with Gasteiger partial charge in [-0.05, 0) is 36.6 Å². The lowest BCUT2D eigenvalue weighted by molar-refractivity contribution is -0.117. The molecule has 0 aromatic heterocycles. The quantitative estimate of drug-likeness (QED) is 0.860. The second-order valence-corrected chi connectivity index (χ2v) is 5.50. The molecule has 0 saturated carbocycles. The van der Waals surface area contributed by atoms with Gasteiger partial charge in [0.05, 0.1) is 6.04 Å². The van der Waals surface area contributed by atoms with Gasteiger partial charge in [0.25, 0.3) is 5.91 Å². The van der Waals surface area contributed by atoms with Crippen LogP contribution in [-0.4, -0.2) is 36.9 Å². The molecule has 1 rings (SSSR count). The molecular weight excluding hydrogens is 254 g/mol. The van der Waals surface area contributed by atoms with Gasteiger partial charge >= 0.3 is 0 Å². The zero-order valence-electron chi connectivity index (χ0n) is 12.5. The number of carbonyl (C=O) groups excluding carboxylic acids is 2. The van der Waals surface area contributed by atoms with Gasteiger partial charge in [-0.2, -0.15) is 0 Å². The summed E-state index contributed by atoms with van der Waals surface area (Å²) >= 11 is 0. The van der Waals surface area contributed by atoms with Crippen molar-refractivity contribution in [3.8, 4) is 0 Å². The highest BCUT2D eigenvalue weighted by Gasteiger charge is 2.15. The Bertz CT molecular complexity index is 467. The summed E-state index contributed by atoms with van der Waals surface area (Å²) in [5, 5.41) is 2.75. The topological polar surface area (TPSA) is 75.4 Å². The van der Waals surface area contributed by atoms with Gasteiger partial charge in [-0.15, -0.1) is 0 Å². The number of rotatable bonds is 5. The van der Waals surface area contributed by atoms with Gasteiger partial charge in [0, 0.05) is 25.3 Å². The van der Waals surface area contributed by atoms with Gasteiger partial charge in [-0.3, -0.25) is 9.59 Å². The van der Waals surface area contributed by atoms with E-state index >= 15 is 0 Å². The van der Waals surface area contributed by atoms with E-state index in [9.17, 15) is 9.59 Å². The summed E-state index contributed by atoms with van der Waals surface area (Å²) in [5.74, 6) is 0.0978. The highest BCUT2D eigenvalue weighted by molar-refractivity contribution is 5.96. The van der Waals surface area contributed by atoms with Gasteiger partial charge < -0.3 is 16.0 Å². The van der Waals surface area contributed by atoms with Gasteiger partial charge in [0.2, 0.25) is 5.91 Å². The van der Waals surface area contributed by atoms with Crippen LogP contribution in [0.15, 0.2) is 24.3 Å². The number of nitrogens with zero attached hydrogens (tertiary/aromatic N) is 1. The molecule has 0 heterocycles. The third-order valence-electron chi connectivity index (χ3n) is 2.87. The van der Waals surface area contributed by atoms with Crippen molar-refractivity contribution in [1.82, 2.24) is 4.90 Å². The van der Waals surface area contributed by atoms with Crippen LogP contribution in [-0.2, 0) is 4.79 Å². The Morgan fingerprint density at radius 1 is 1.20 bits per heavy atom. The first-order valence-electron chi connectivity index (χ1n) is 6.69. The molecule has 0 fully saturated rings. The lowest BCUT2D eigenvalue weighted by atomic mass is 10.0. The van der Waals surface area contributed by atoms with E-state index in [1.165, 1.54) is 4.90 Å². The maximum absolute atomic E-state index is 11.9. The monoisotopic (exact) mass is 277 g/mol. The van der Waals surface area contributed by atoms with Crippen LogP contribution >= 0.6 is 0 Å². The molecule has 1 atom stereocenters. The van der Waals surface area contributed by atoms with E-state index < -0.39 is 6.04 Å². The fraction of sp³-hybridized carbons (Fsp3) is 0.467. The maximum Gasteiger partial charge on any atom is 0.253 e. The van der Waals surface area contributed by atoms with E-state index in [1.807, 2.05) is 13.8 Å². The van der Waals surface area contributed by atoms with E-state index in [1.54, 1.807) is 38.4 Å². The number of carbonyl (C=O) groups is 2. The van der Waals surface area contributed by atoms with Crippen molar-refractivity contribution in [2.45, 2.75) is 26.3 Å². The van der Waals surface area contributed by atoms with Crippen LogP contribution in [0.3, 0.4) is 0 Å². The maximum atomic E-state index is 11.9. The smallest absolute Gasteiger partial charge is 0.253 e. The normalized spacial score (nSPS) is 12.1. The van der Waals surface area contributed by atoms with Crippen molar-refractivity contribution in [2.24, 2.45) is 11.7 Å². The molecule has 2 amide bonds. The molecule has 0 unspecified atom stereocenters. The van der Waals surface area contributed by atoms with Crippen LogP contribution in [0.1, 0.15) is 30.6 Å². The second-order valence-electron chi connectivity index (χ2n) is 5.50. The predicted octanol–water partition coefficient (Wildman–Crippen LogP) is 1.70. The summed E-state index contributed by atoms with van der Waals surface area (Å²) in [6, 6.07) is 6.27. The van der Waals surface area contributed by atoms with Gasteiger partial charge in [-0.1, -0.05) is 13.8 Å². The van der Waals surface area contributed by atoms with Crippen molar-refractivity contribution >= 4 is 17.5 Å². The van der Waals surface area contributed by atoms with Crippen LogP contribution < -0.4 is 11.1 Å². The first kappa shape index (κ1) is 16.2. The number of nitrogens with one attached hydrogen (secondary N) is 1. The molecule has 3 N–H and O–H groups in total. The first-order valence-corrected chi connectivity index (χ1v) is 6.69. The van der Waals surface area contributed by atoms with Crippen LogP contribution in [0.2, 0.25) is 0 Å². The average Bonchev–Trinajstić information content (AvgIpc) is 2.37. The largest absolute Gasteiger partial charge is 0.345 e. The molecule has 5 heteroatoms. The minimum atomic E-state index is -0.516. The SMILES string of the molecule is CC(C)C[C@@H](N)C(=O)Nc1ccc(C(=O)N(C)C)cc1. The molecule has 20 heavy (non-hydrogen) atoms. The van der Waals surface area contributed by atoms with Crippen molar-refractivity contribution in [3.05, 3.63) is 29.8 Å². The van der Waals surface area contributed by atoms with Crippen LogP contribution in [0.25, 0.3) is 0 Å². The summed E-state index contributed by atoms with van der Waals surface area (Å²) in [6.45, 7) is 4.05. The molecule has 1 aromatic carbocycles. The highest BCUT2D eigenvalue weighted by Crippen LogP contribution is 2.12. The molecule has 0 aliphatic carbocycles. The Morgan fingerprint density at radius 3 is 2.20 bits per heavy atom. The molecule has 0 saturated heterocycles. The number of hydrogen-bond acceptors (Lipinski definition) is 3. The molecular formula is C15H23N3O2. The molecule has 5 nitrogen and oxygen atoms in total. The number of nitrogens with two attached hydrogens (primary N) is 1. The third kappa shape index (κ3) is 4.66. The van der Waals surface area contributed by atoms with Crippen molar-refractivity contribution < 1.29 is 9.59 Å². The molecule has 110 valence electrons. The molecule has 0 aliphatic heterocycles. The van der Waals surface area contributed by atoms with E-state index in [-0.39, 0.29) is 11.8 Å². The van der Waals surface area contributed by atoms with Crippen molar-refractivity contribution in [3.63, 3.8) is 0 Å². The summed E-state index contributed by atoms with van der Waals surface area (Å²) in [5.41, 5.74) is 7.04. The van der Waals surface area contributed by atoms with E-state index in [4.69, 9.17) is 5.73 Å². The van der Waals surface area contributed by atoms with Gasteiger partial charge in [-0.25, -0.2) is 0 Å². The van der Waals surface area contributed by atoms with E-state index in [2.05, 4.69) is 5.32 Å². The highest BCUT2D eigenvalue weighted by atomic mass is 16.2. The molecule has 0 bridgehead atoms. The molecule has 0 spiro atoms. The van der Waals surface area contributed by atoms with Gasteiger partial charge in [0.1, 0.15) is 0 Å². The predicted molar refractivity (Wildman–Crippen MR) is 80.5 cm³/mol. The average molecular weight is 277 g/mol. The van der Waals surface area contributed by atoms with Gasteiger partial charge in [0.15, 0.2) is 0 Å². The zero-order chi connectivity index (χ0) is 15.3. The summed E-state index contributed by atoms with van der Waals surface area (Å²) < 4.78 is 0. The molecule has 0 aliphatic rings. The second kappa shape index (κ2) is 7.05. The number of amides is 2. The molecule has 1 aromatic rings. The summed E-state index contributed by atoms with van der Waals surface area (Å²) in [7, 11) is 3.39. The summed E-state index contributed by atoms with van der Waals surface area (Å²) in [6.07, 6.45) is 0.642. The van der Waals surface area contributed by atoms with E-state index in [0.717, 1.165) is 0 Å². The minimum Gasteiger partial charge on any atom is -0.345 e. The van der Waals surface area contributed by atoms with Crippen molar-refractivity contribution in [2.75, 3.05) is 19.4 Å². The lowest BCUT2D eigenvalue weighted by Crippen LogP contribution is -2.36. The fourth-order valence-electron chi connectivity index (χ4n) is 1.80. The Labute approximate surface area is 120 Å². The molecule has 0 radical (unpaired) electrons. The zero-order valence-corrected chi connectivity index (χ0v) is 12.5. The van der Waals surface area contributed by atoms with Crippen LogP contribution in [0, 0.1) is 5.92 Å². The third-order valence-corrected chi connectivity index (χ3v) is 2.87. The first-order chi connectivity index (χ1) is 9.31. The Morgan fingerprint density at radius 2 is 1.75 bits per heavy atom. The number of benzene rings is 1. The number of anilines is 1. The Hall–Kier alpha value is -1.88. The van der Waals surface area contributed by atoms with Crippen LogP contribution in [0.5, 0.6) is 0 Å². The Balaban J connectivity index is 2.66. The van der Waals surface area contributed by atoms with E-state index in [0.29, 0.717) is 23.6 Å². The standard InChI is InChI=1S/C15H23N3O2/c1-10(2)9-13(16)14(19)17-12-7-5-11(6-8-12)15(20)18(3)4/h5-8,10,13H,9,16H2,1-4H3,(H,17,19)/t13-/m1/s1. The lowest BCUT2D eigenvalue weighted by Gasteiger charge is -2.14. The van der Waals surface area contributed by atoms with Crippen LogP contribution in [0.4, 0.5) is 5.69 Å². The Kier molecular flexibility index (Phi) is 5.70.